The quantitative estimate of drug-likeness (QED) is 0.587. The zero-order chi connectivity index (χ0) is 14.7. The number of carbonyl (C=O) groups excluding carboxylic acids is 1. The van der Waals surface area contributed by atoms with Gasteiger partial charge in [0.1, 0.15) is 5.69 Å². The van der Waals surface area contributed by atoms with Gasteiger partial charge in [-0.15, -0.1) is 0 Å². The van der Waals surface area contributed by atoms with Crippen molar-refractivity contribution >= 4 is 17.8 Å². The van der Waals surface area contributed by atoms with Crippen molar-refractivity contribution in [3.63, 3.8) is 0 Å². The summed E-state index contributed by atoms with van der Waals surface area (Å²) < 4.78 is 1.73. The normalized spacial score (nSPS) is 11.1. The Morgan fingerprint density at radius 1 is 1.38 bits per heavy atom. The molecule has 0 aliphatic rings. The highest BCUT2D eigenvalue weighted by Crippen LogP contribution is 2.04. The summed E-state index contributed by atoms with van der Waals surface area (Å²) in [7, 11) is 0. The van der Waals surface area contributed by atoms with Crippen molar-refractivity contribution < 1.29 is 4.79 Å². The molecule has 6 nitrogen and oxygen atoms in total. The molecule has 3 aromatic rings. The lowest BCUT2D eigenvalue weighted by atomic mass is 10.1. The Balaban J connectivity index is 1.73. The molecule has 1 aromatic carbocycles. The summed E-state index contributed by atoms with van der Waals surface area (Å²) in [5.41, 5.74) is 5.43. The topological polar surface area (TPSA) is 71.7 Å². The molecule has 21 heavy (non-hydrogen) atoms. The summed E-state index contributed by atoms with van der Waals surface area (Å²) in [5, 5.41) is 3.96. The highest BCUT2D eigenvalue weighted by molar-refractivity contribution is 5.93. The van der Waals surface area contributed by atoms with Gasteiger partial charge in [-0.05, 0) is 18.1 Å². The molecule has 0 saturated carbocycles. The molecule has 0 atom stereocenters. The van der Waals surface area contributed by atoms with E-state index in [1.165, 1.54) is 0 Å². The maximum atomic E-state index is 12.0. The predicted molar refractivity (Wildman–Crippen MR) is 79.2 cm³/mol. The van der Waals surface area contributed by atoms with Gasteiger partial charge in [0, 0.05) is 18.6 Å². The Bertz CT molecular complexity index is 789. The van der Waals surface area contributed by atoms with E-state index in [1.807, 2.05) is 31.2 Å². The Kier molecular flexibility index (Phi) is 3.42. The number of fused-ring (bicyclic) bond motifs is 1. The number of hydrazone groups is 1. The number of nitrogens with one attached hydrogen (secondary N) is 1. The molecule has 0 bridgehead atoms. The second kappa shape index (κ2) is 5.54. The van der Waals surface area contributed by atoms with E-state index in [4.69, 9.17) is 0 Å². The number of hydrogen-bond acceptors (Lipinski definition) is 4. The van der Waals surface area contributed by atoms with Crippen LogP contribution in [0.3, 0.4) is 0 Å². The van der Waals surface area contributed by atoms with E-state index in [0.29, 0.717) is 11.3 Å². The van der Waals surface area contributed by atoms with Gasteiger partial charge in [0.25, 0.3) is 5.91 Å². The lowest BCUT2D eigenvalue weighted by molar-refractivity contribution is 0.0951. The van der Waals surface area contributed by atoms with Crippen LogP contribution in [-0.2, 0) is 0 Å². The van der Waals surface area contributed by atoms with Crippen molar-refractivity contribution in [3.05, 3.63) is 65.9 Å². The van der Waals surface area contributed by atoms with Gasteiger partial charge >= 0.3 is 0 Å². The molecule has 0 aliphatic carbocycles. The molecule has 104 valence electrons. The largest absolute Gasteiger partial charge is 0.303 e. The Morgan fingerprint density at radius 2 is 2.24 bits per heavy atom. The molecule has 2 heterocycles. The van der Waals surface area contributed by atoms with Crippen LogP contribution >= 0.6 is 0 Å². The summed E-state index contributed by atoms with van der Waals surface area (Å²) in [6.07, 6.45) is 8.20. The van der Waals surface area contributed by atoms with Gasteiger partial charge in [0.15, 0.2) is 5.65 Å². The zero-order valence-electron chi connectivity index (χ0n) is 11.4. The van der Waals surface area contributed by atoms with Gasteiger partial charge in [-0.3, -0.25) is 9.78 Å². The average Bonchev–Trinajstić information content (AvgIpc) is 2.93. The minimum absolute atomic E-state index is 0.296. The Hall–Kier alpha value is -3.02. The molecule has 1 amide bonds. The van der Waals surface area contributed by atoms with Crippen LogP contribution in [0.5, 0.6) is 0 Å². The van der Waals surface area contributed by atoms with Gasteiger partial charge in [-0.25, -0.2) is 10.4 Å². The van der Waals surface area contributed by atoms with Crippen LogP contribution in [-0.4, -0.2) is 26.5 Å². The monoisotopic (exact) mass is 279 g/mol. The smallest absolute Gasteiger partial charge is 0.291 e. The molecule has 0 saturated heterocycles. The molecule has 0 spiro atoms. The summed E-state index contributed by atoms with van der Waals surface area (Å²) in [4.78, 5) is 20.1. The number of imidazole rings is 1. The number of nitrogens with zero attached hydrogens (tertiary/aromatic N) is 4. The Morgan fingerprint density at radius 3 is 3.05 bits per heavy atom. The average molecular weight is 279 g/mol. The third-order valence-electron chi connectivity index (χ3n) is 3.06. The molecule has 0 fully saturated rings. The van der Waals surface area contributed by atoms with Crippen LogP contribution in [0, 0.1) is 6.92 Å². The number of benzene rings is 1. The number of carbonyl (C=O) groups is 1. The Labute approximate surface area is 121 Å². The van der Waals surface area contributed by atoms with Crippen LogP contribution in [0.4, 0.5) is 0 Å². The third kappa shape index (κ3) is 2.79. The van der Waals surface area contributed by atoms with E-state index in [-0.39, 0.29) is 5.91 Å². The first-order valence-corrected chi connectivity index (χ1v) is 6.42. The maximum absolute atomic E-state index is 12.0. The van der Waals surface area contributed by atoms with E-state index in [2.05, 4.69) is 20.5 Å². The number of aromatic nitrogens is 3. The standard InChI is InChI=1S/C15H13N5O/c1-11-4-2-3-5-12(11)8-17-19-15(21)13-10-20-7-6-16-9-14(20)18-13/h2-10H,1H3,(H,19,21)/b17-8-. The second-order valence-corrected chi connectivity index (χ2v) is 4.52. The number of aryl methyl sites for hydroxylation is 1. The van der Waals surface area contributed by atoms with Gasteiger partial charge in [-0.1, -0.05) is 24.3 Å². The fraction of sp³-hybridized carbons (Fsp3) is 0.0667. The number of rotatable bonds is 3. The van der Waals surface area contributed by atoms with Gasteiger partial charge in [-0.2, -0.15) is 5.10 Å². The lowest BCUT2D eigenvalue weighted by Crippen LogP contribution is -2.18. The van der Waals surface area contributed by atoms with Crippen LogP contribution in [0.25, 0.3) is 5.65 Å². The third-order valence-corrected chi connectivity index (χ3v) is 3.06. The van der Waals surface area contributed by atoms with Crippen LogP contribution in [0.15, 0.2) is 54.2 Å². The molecule has 6 heteroatoms. The van der Waals surface area contributed by atoms with Gasteiger partial charge in [0.2, 0.25) is 0 Å². The van der Waals surface area contributed by atoms with Crippen molar-refractivity contribution in [2.45, 2.75) is 6.92 Å². The van der Waals surface area contributed by atoms with Crippen molar-refractivity contribution in [1.82, 2.24) is 19.8 Å². The molecular weight excluding hydrogens is 266 g/mol. The zero-order valence-corrected chi connectivity index (χ0v) is 11.4. The number of hydrogen-bond donors (Lipinski definition) is 1. The van der Waals surface area contributed by atoms with Gasteiger partial charge < -0.3 is 4.40 Å². The summed E-state index contributed by atoms with van der Waals surface area (Å²) in [6.45, 7) is 1.98. The minimum Gasteiger partial charge on any atom is -0.303 e. The number of amides is 1. The fourth-order valence-corrected chi connectivity index (χ4v) is 1.90. The van der Waals surface area contributed by atoms with Gasteiger partial charge in [0.05, 0.1) is 12.4 Å². The van der Waals surface area contributed by atoms with Crippen LogP contribution in [0.2, 0.25) is 0 Å². The minimum atomic E-state index is -0.358. The van der Waals surface area contributed by atoms with E-state index >= 15 is 0 Å². The molecular formula is C15H13N5O. The van der Waals surface area contributed by atoms with Crippen molar-refractivity contribution in [2.75, 3.05) is 0 Å². The molecule has 0 radical (unpaired) electrons. The van der Waals surface area contributed by atoms with Crippen molar-refractivity contribution in [3.8, 4) is 0 Å². The molecule has 2 aromatic heterocycles. The van der Waals surface area contributed by atoms with E-state index in [0.717, 1.165) is 11.1 Å². The van der Waals surface area contributed by atoms with Crippen LogP contribution < -0.4 is 5.43 Å². The summed E-state index contributed by atoms with van der Waals surface area (Å²) in [5.74, 6) is -0.358. The molecule has 3 rings (SSSR count). The molecule has 0 unspecified atom stereocenters. The molecule has 0 aliphatic heterocycles. The first-order valence-electron chi connectivity index (χ1n) is 6.42. The summed E-state index contributed by atoms with van der Waals surface area (Å²) in [6, 6.07) is 7.79. The highest BCUT2D eigenvalue weighted by atomic mass is 16.2. The first-order chi connectivity index (χ1) is 10.2. The predicted octanol–water partition coefficient (Wildman–Crippen LogP) is 1.80. The SMILES string of the molecule is Cc1ccccc1/C=N\NC(=O)c1cn2ccncc2n1. The lowest BCUT2D eigenvalue weighted by Gasteiger charge is -1.98. The van der Waals surface area contributed by atoms with Crippen LogP contribution in [0.1, 0.15) is 21.6 Å². The second-order valence-electron chi connectivity index (χ2n) is 4.52. The van der Waals surface area contributed by atoms with E-state index in [9.17, 15) is 4.79 Å². The maximum Gasteiger partial charge on any atom is 0.291 e. The van der Waals surface area contributed by atoms with Crippen molar-refractivity contribution in [2.24, 2.45) is 5.10 Å². The van der Waals surface area contributed by atoms with E-state index < -0.39 is 0 Å². The molecule has 1 N–H and O–H groups in total. The first kappa shape index (κ1) is 13.0. The van der Waals surface area contributed by atoms with Crippen molar-refractivity contribution in [1.29, 1.82) is 0 Å². The highest BCUT2D eigenvalue weighted by Gasteiger charge is 2.09. The van der Waals surface area contributed by atoms with E-state index in [1.54, 1.807) is 35.4 Å². The summed E-state index contributed by atoms with van der Waals surface area (Å²) >= 11 is 0. The fourth-order valence-electron chi connectivity index (χ4n) is 1.90.